The Morgan fingerprint density at radius 1 is 1.12 bits per heavy atom. The molecule has 3 aromatic rings. The number of nitrogens with one attached hydrogen (secondary N) is 1. The van der Waals surface area contributed by atoms with Crippen molar-refractivity contribution in [3.63, 3.8) is 0 Å². The number of nitrogens with zero attached hydrogens (tertiary/aromatic N) is 3. The Morgan fingerprint density at radius 3 is 2.52 bits per heavy atom. The summed E-state index contributed by atoms with van der Waals surface area (Å²) in [7, 11) is 0. The zero-order valence-corrected chi connectivity index (χ0v) is 15.2. The van der Waals surface area contributed by atoms with Crippen molar-refractivity contribution in [3.8, 4) is 5.69 Å². The Labute approximate surface area is 155 Å². The first-order chi connectivity index (χ1) is 12.2. The van der Waals surface area contributed by atoms with E-state index in [-0.39, 0.29) is 11.7 Å². The molecule has 0 aliphatic carbocycles. The van der Waals surface area contributed by atoms with Crippen molar-refractivity contribution in [1.82, 2.24) is 14.8 Å². The molecule has 0 aliphatic rings. The summed E-state index contributed by atoms with van der Waals surface area (Å²) in [6, 6.07) is 16.9. The first kappa shape index (κ1) is 17.5. The molecule has 1 amide bonds. The van der Waals surface area contributed by atoms with E-state index >= 15 is 0 Å². The molecule has 1 heterocycles. The predicted octanol–water partition coefficient (Wildman–Crippen LogP) is 4.21. The van der Waals surface area contributed by atoms with Crippen molar-refractivity contribution < 1.29 is 4.79 Å². The van der Waals surface area contributed by atoms with Gasteiger partial charge in [-0.1, -0.05) is 48.5 Å². The maximum Gasteiger partial charge on any atom is 0.234 e. The highest BCUT2D eigenvalue weighted by Gasteiger charge is 2.14. The van der Waals surface area contributed by atoms with E-state index in [1.165, 1.54) is 11.8 Å². The highest BCUT2D eigenvalue weighted by molar-refractivity contribution is 7.99. The summed E-state index contributed by atoms with van der Waals surface area (Å²) in [4.78, 5) is 12.2. The molecule has 0 spiro atoms. The van der Waals surface area contributed by atoms with Gasteiger partial charge in [0.15, 0.2) is 5.16 Å². The van der Waals surface area contributed by atoms with E-state index in [1.807, 2.05) is 41.8 Å². The van der Waals surface area contributed by atoms with E-state index in [0.717, 1.165) is 17.9 Å². The molecule has 2 aromatic carbocycles. The van der Waals surface area contributed by atoms with Crippen LogP contribution in [0.5, 0.6) is 0 Å². The minimum atomic E-state index is -0.104. The summed E-state index contributed by atoms with van der Waals surface area (Å²) in [6.07, 6.45) is 0.763. The molecule has 0 radical (unpaired) electrons. The van der Waals surface area contributed by atoms with Gasteiger partial charge in [-0.15, -0.1) is 10.2 Å². The number of hydrogen-bond acceptors (Lipinski definition) is 4. The monoisotopic (exact) mass is 372 g/mol. The van der Waals surface area contributed by atoms with Crippen LogP contribution in [0.1, 0.15) is 12.7 Å². The van der Waals surface area contributed by atoms with Gasteiger partial charge in [-0.05, 0) is 36.4 Å². The van der Waals surface area contributed by atoms with Gasteiger partial charge in [0.25, 0.3) is 0 Å². The number of hydrogen-bond donors (Lipinski definition) is 1. The molecular formula is C18H17ClN4OS. The number of benzene rings is 2. The average Bonchev–Trinajstić information content (AvgIpc) is 3.05. The summed E-state index contributed by atoms with van der Waals surface area (Å²) >= 11 is 7.21. The van der Waals surface area contributed by atoms with E-state index in [9.17, 15) is 4.79 Å². The minimum Gasteiger partial charge on any atom is -0.325 e. The lowest BCUT2D eigenvalue weighted by Crippen LogP contribution is -2.14. The Hall–Kier alpha value is -2.31. The fourth-order valence-corrected chi connectivity index (χ4v) is 3.22. The Bertz CT molecular complexity index is 849. The largest absolute Gasteiger partial charge is 0.325 e. The lowest BCUT2D eigenvalue weighted by molar-refractivity contribution is -0.113. The molecule has 0 bridgehead atoms. The summed E-state index contributed by atoms with van der Waals surface area (Å²) in [5.74, 6) is 1.01. The molecular weight excluding hydrogens is 356 g/mol. The second-order valence-corrected chi connectivity index (χ2v) is 6.65. The van der Waals surface area contributed by atoms with Gasteiger partial charge in [-0.2, -0.15) is 0 Å². The molecule has 0 fully saturated rings. The lowest BCUT2D eigenvalue weighted by atomic mass is 10.3. The highest BCUT2D eigenvalue weighted by atomic mass is 35.5. The van der Waals surface area contributed by atoms with E-state index < -0.39 is 0 Å². The van der Waals surface area contributed by atoms with Crippen molar-refractivity contribution in [1.29, 1.82) is 0 Å². The standard InChI is InChI=1S/C18H17ClN4OS/c1-2-16-21-22-18(23(16)15-6-4-3-5-7-15)25-12-17(24)20-14-10-8-13(19)9-11-14/h3-11H,2,12H2,1H3,(H,20,24). The third-order valence-corrected chi connectivity index (χ3v) is 4.67. The van der Waals surface area contributed by atoms with Crippen LogP contribution in [0.2, 0.25) is 5.02 Å². The molecule has 0 saturated carbocycles. The van der Waals surface area contributed by atoms with Crippen molar-refractivity contribution in [2.45, 2.75) is 18.5 Å². The average molecular weight is 373 g/mol. The fourth-order valence-electron chi connectivity index (χ4n) is 2.32. The van der Waals surface area contributed by atoms with Crippen LogP contribution in [-0.4, -0.2) is 26.4 Å². The van der Waals surface area contributed by atoms with Gasteiger partial charge in [-0.25, -0.2) is 0 Å². The van der Waals surface area contributed by atoms with E-state index in [1.54, 1.807) is 24.3 Å². The first-order valence-electron chi connectivity index (χ1n) is 7.85. The van der Waals surface area contributed by atoms with Gasteiger partial charge in [0.1, 0.15) is 5.82 Å². The first-order valence-corrected chi connectivity index (χ1v) is 9.21. The van der Waals surface area contributed by atoms with Crippen molar-refractivity contribution >= 4 is 35.0 Å². The van der Waals surface area contributed by atoms with Gasteiger partial charge < -0.3 is 5.32 Å². The van der Waals surface area contributed by atoms with E-state index in [0.29, 0.717) is 15.9 Å². The number of aryl methyl sites for hydroxylation is 1. The Kier molecular flexibility index (Phi) is 5.73. The number of anilines is 1. The van der Waals surface area contributed by atoms with Crippen LogP contribution in [-0.2, 0) is 11.2 Å². The fraction of sp³-hybridized carbons (Fsp3) is 0.167. The molecule has 0 unspecified atom stereocenters. The molecule has 0 saturated heterocycles. The summed E-state index contributed by atoms with van der Waals surface area (Å²) in [5, 5.41) is 12.6. The van der Waals surface area contributed by atoms with Crippen LogP contribution >= 0.6 is 23.4 Å². The minimum absolute atomic E-state index is 0.104. The number of halogens is 1. The van der Waals surface area contributed by atoms with Crippen LogP contribution in [0.25, 0.3) is 5.69 Å². The number of thioether (sulfide) groups is 1. The molecule has 1 N–H and O–H groups in total. The zero-order chi connectivity index (χ0) is 17.6. The Balaban J connectivity index is 1.70. The molecule has 0 atom stereocenters. The maximum absolute atomic E-state index is 12.2. The third-order valence-electron chi connectivity index (χ3n) is 3.49. The predicted molar refractivity (Wildman–Crippen MR) is 102 cm³/mol. The summed E-state index contributed by atoms with van der Waals surface area (Å²) in [6.45, 7) is 2.03. The van der Waals surface area contributed by atoms with Gasteiger partial charge in [0.2, 0.25) is 5.91 Å². The number of amides is 1. The second kappa shape index (κ2) is 8.18. The van der Waals surface area contributed by atoms with Crippen LogP contribution in [0.15, 0.2) is 59.8 Å². The molecule has 1 aromatic heterocycles. The van der Waals surface area contributed by atoms with E-state index in [4.69, 9.17) is 11.6 Å². The highest BCUT2D eigenvalue weighted by Crippen LogP contribution is 2.22. The quantitative estimate of drug-likeness (QED) is 0.658. The number of para-hydroxylation sites is 1. The van der Waals surface area contributed by atoms with Crippen molar-refractivity contribution in [2.24, 2.45) is 0 Å². The smallest absolute Gasteiger partial charge is 0.234 e. The molecule has 7 heteroatoms. The number of carbonyl (C=O) groups is 1. The van der Waals surface area contributed by atoms with Crippen LogP contribution in [0.3, 0.4) is 0 Å². The molecule has 0 aliphatic heterocycles. The lowest BCUT2D eigenvalue weighted by Gasteiger charge is -2.09. The van der Waals surface area contributed by atoms with Gasteiger partial charge in [0, 0.05) is 22.8 Å². The SMILES string of the molecule is CCc1nnc(SCC(=O)Nc2ccc(Cl)cc2)n1-c1ccccc1. The molecule has 25 heavy (non-hydrogen) atoms. The summed E-state index contributed by atoms with van der Waals surface area (Å²) < 4.78 is 1.99. The number of carbonyl (C=O) groups excluding carboxylic acids is 1. The van der Waals surface area contributed by atoms with Crippen molar-refractivity contribution in [3.05, 3.63) is 65.4 Å². The van der Waals surface area contributed by atoms with E-state index in [2.05, 4.69) is 15.5 Å². The Morgan fingerprint density at radius 2 is 1.84 bits per heavy atom. The van der Waals surface area contributed by atoms with Crippen molar-refractivity contribution in [2.75, 3.05) is 11.1 Å². The van der Waals surface area contributed by atoms with Crippen LogP contribution in [0, 0.1) is 0 Å². The third kappa shape index (κ3) is 4.41. The van der Waals surface area contributed by atoms with Gasteiger partial charge in [0.05, 0.1) is 5.75 Å². The molecule has 128 valence electrons. The maximum atomic E-state index is 12.2. The normalized spacial score (nSPS) is 10.6. The van der Waals surface area contributed by atoms with Crippen LogP contribution in [0.4, 0.5) is 5.69 Å². The zero-order valence-electron chi connectivity index (χ0n) is 13.6. The summed E-state index contributed by atoms with van der Waals surface area (Å²) in [5.41, 5.74) is 1.71. The number of aromatic nitrogens is 3. The molecule has 5 nitrogen and oxygen atoms in total. The molecule has 3 rings (SSSR count). The second-order valence-electron chi connectivity index (χ2n) is 5.27. The number of rotatable bonds is 6. The topological polar surface area (TPSA) is 59.8 Å². The van der Waals surface area contributed by atoms with Gasteiger partial charge in [-0.3, -0.25) is 9.36 Å². The van der Waals surface area contributed by atoms with Gasteiger partial charge >= 0.3 is 0 Å². The van der Waals surface area contributed by atoms with Crippen LogP contribution < -0.4 is 5.32 Å².